The largest absolute Gasteiger partial charge is 0.389 e. The number of fused-ring (bicyclic) bond motifs is 1. The number of aryl methyl sites for hydroxylation is 1. The van der Waals surface area contributed by atoms with Crippen molar-refractivity contribution in [3.8, 4) is 0 Å². The highest BCUT2D eigenvalue weighted by atomic mass is 16.5. The van der Waals surface area contributed by atoms with Crippen molar-refractivity contribution in [1.82, 2.24) is 19.1 Å². The topological polar surface area (TPSA) is 114 Å². The van der Waals surface area contributed by atoms with E-state index >= 15 is 0 Å². The zero-order chi connectivity index (χ0) is 19.3. The first kappa shape index (κ1) is 19.9. The quantitative estimate of drug-likeness (QED) is 0.416. The molecule has 0 saturated heterocycles. The van der Waals surface area contributed by atoms with Crippen LogP contribution in [0, 0.1) is 5.92 Å². The SMILES string of the molecule is C=CCOCC(O)Cn1c(NCCC(C)C)nc2c1c(=O)[nH]c(=O)n2C. The van der Waals surface area contributed by atoms with Gasteiger partial charge in [-0.05, 0) is 12.3 Å². The first-order chi connectivity index (χ1) is 12.3. The average molecular weight is 365 g/mol. The minimum Gasteiger partial charge on any atom is -0.389 e. The van der Waals surface area contributed by atoms with Gasteiger partial charge in [0.2, 0.25) is 5.95 Å². The first-order valence-electron chi connectivity index (χ1n) is 8.65. The number of aliphatic hydroxyl groups is 1. The second-order valence-electron chi connectivity index (χ2n) is 6.63. The van der Waals surface area contributed by atoms with Gasteiger partial charge in [0.25, 0.3) is 5.56 Å². The summed E-state index contributed by atoms with van der Waals surface area (Å²) in [5.74, 6) is 0.945. The third-order valence-corrected chi connectivity index (χ3v) is 3.95. The number of imidazole rings is 1. The van der Waals surface area contributed by atoms with E-state index in [4.69, 9.17) is 4.74 Å². The summed E-state index contributed by atoms with van der Waals surface area (Å²) in [5.41, 5.74) is -0.561. The molecule has 2 aromatic rings. The van der Waals surface area contributed by atoms with E-state index in [0.29, 0.717) is 25.0 Å². The van der Waals surface area contributed by atoms with Crippen LogP contribution in [0.2, 0.25) is 0 Å². The molecule has 0 fully saturated rings. The van der Waals surface area contributed by atoms with Gasteiger partial charge in [0, 0.05) is 13.6 Å². The maximum Gasteiger partial charge on any atom is 0.329 e. The Morgan fingerprint density at radius 1 is 1.42 bits per heavy atom. The molecular formula is C17H27N5O4. The maximum absolute atomic E-state index is 12.3. The van der Waals surface area contributed by atoms with Crippen LogP contribution in [0.15, 0.2) is 22.2 Å². The number of aromatic amines is 1. The van der Waals surface area contributed by atoms with E-state index in [1.54, 1.807) is 17.7 Å². The van der Waals surface area contributed by atoms with Crippen molar-refractivity contribution >= 4 is 17.1 Å². The molecule has 0 radical (unpaired) electrons. The summed E-state index contributed by atoms with van der Waals surface area (Å²) >= 11 is 0. The lowest BCUT2D eigenvalue weighted by Gasteiger charge is -2.15. The summed E-state index contributed by atoms with van der Waals surface area (Å²) < 4.78 is 8.14. The molecule has 0 aliphatic carbocycles. The molecule has 0 bridgehead atoms. The Morgan fingerprint density at radius 3 is 2.81 bits per heavy atom. The highest BCUT2D eigenvalue weighted by Gasteiger charge is 2.19. The summed E-state index contributed by atoms with van der Waals surface area (Å²) in [6.45, 7) is 8.98. The highest BCUT2D eigenvalue weighted by molar-refractivity contribution is 5.74. The molecule has 9 heteroatoms. The smallest absolute Gasteiger partial charge is 0.329 e. The number of hydrogen-bond donors (Lipinski definition) is 3. The first-order valence-corrected chi connectivity index (χ1v) is 8.65. The van der Waals surface area contributed by atoms with E-state index in [1.807, 2.05) is 0 Å². The lowest BCUT2D eigenvalue weighted by molar-refractivity contribution is 0.0405. The number of H-pyrrole nitrogens is 1. The number of nitrogens with one attached hydrogen (secondary N) is 2. The van der Waals surface area contributed by atoms with Gasteiger partial charge < -0.3 is 19.7 Å². The minimum atomic E-state index is -0.838. The molecule has 2 aromatic heterocycles. The summed E-state index contributed by atoms with van der Waals surface area (Å²) in [4.78, 5) is 30.8. The van der Waals surface area contributed by atoms with Gasteiger partial charge in [0.1, 0.15) is 0 Å². The van der Waals surface area contributed by atoms with Crippen LogP contribution in [0.4, 0.5) is 5.95 Å². The highest BCUT2D eigenvalue weighted by Crippen LogP contribution is 2.16. The number of anilines is 1. The maximum atomic E-state index is 12.3. The Hall–Kier alpha value is -2.39. The minimum absolute atomic E-state index is 0.0980. The van der Waals surface area contributed by atoms with Gasteiger partial charge in [-0.1, -0.05) is 19.9 Å². The van der Waals surface area contributed by atoms with Gasteiger partial charge in [-0.2, -0.15) is 4.98 Å². The van der Waals surface area contributed by atoms with Crippen LogP contribution in [0.1, 0.15) is 20.3 Å². The molecule has 2 rings (SSSR count). The third-order valence-electron chi connectivity index (χ3n) is 3.95. The average Bonchev–Trinajstić information content (AvgIpc) is 2.92. The zero-order valence-electron chi connectivity index (χ0n) is 15.5. The van der Waals surface area contributed by atoms with Gasteiger partial charge in [-0.15, -0.1) is 6.58 Å². The van der Waals surface area contributed by atoms with Crippen molar-refractivity contribution < 1.29 is 9.84 Å². The van der Waals surface area contributed by atoms with Crippen molar-refractivity contribution in [3.63, 3.8) is 0 Å². The molecule has 144 valence electrons. The zero-order valence-corrected chi connectivity index (χ0v) is 15.5. The third kappa shape index (κ3) is 4.61. The van der Waals surface area contributed by atoms with E-state index in [2.05, 4.69) is 35.7 Å². The molecule has 9 nitrogen and oxygen atoms in total. The molecule has 0 aliphatic heterocycles. The van der Waals surface area contributed by atoms with Crippen molar-refractivity contribution in [1.29, 1.82) is 0 Å². The number of nitrogens with zero attached hydrogens (tertiary/aromatic N) is 3. The van der Waals surface area contributed by atoms with Crippen molar-refractivity contribution in [2.75, 3.05) is 25.1 Å². The molecule has 0 spiro atoms. The predicted octanol–water partition coefficient (Wildman–Crippen LogP) is 0.445. The Kier molecular flexibility index (Phi) is 6.76. The number of ether oxygens (including phenoxy) is 1. The van der Waals surface area contributed by atoms with Crippen LogP contribution < -0.4 is 16.6 Å². The second kappa shape index (κ2) is 8.81. The van der Waals surface area contributed by atoms with E-state index in [9.17, 15) is 14.7 Å². The lowest BCUT2D eigenvalue weighted by atomic mass is 10.1. The fourth-order valence-electron chi connectivity index (χ4n) is 2.57. The van der Waals surface area contributed by atoms with Gasteiger partial charge >= 0.3 is 5.69 Å². The van der Waals surface area contributed by atoms with Crippen LogP contribution >= 0.6 is 0 Å². The molecule has 26 heavy (non-hydrogen) atoms. The Balaban J connectivity index is 2.39. The van der Waals surface area contributed by atoms with Gasteiger partial charge in [0.15, 0.2) is 11.2 Å². The predicted molar refractivity (Wildman–Crippen MR) is 101 cm³/mol. The van der Waals surface area contributed by atoms with E-state index in [-0.39, 0.29) is 24.3 Å². The van der Waals surface area contributed by atoms with Crippen LogP contribution in [0.5, 0.6) is 0 Å². The normalized spacial score (nSPS) is 12.7. The summed E-state index contributed by atoms with van der Waals surface area (Å²) in [5, 5.41) is 13.4. The molecule has 0 aromatic carbocycles. The lowest BCUT2D eigenvalue weighted by Crippen LogP contribution is -2.30. The molecule has 0 aliphatic rings. The molecule has 2 heterocycles. The van der Waals surface area contributed by atoms with E-state index in [1.165, 1.54) is 4.57 Å². The van der Waals surface area contributed by atoms with Gasteiger partial charge in [-0.25, -0.2) is 4.79 Å². The molecule has 0 amide bonds. The number of hydrogen-bond acceptors (Lipinski definition) is 6. The Labute approximate surface area is 151 Å². The summed E-state index contributed by atoms with van der Waals surface area (Å²) in [7, 11) is 1.54. The number of aromatic nitrogens is 4. The van der Waals surface area contributed by atoms with Crippen LogP contribution in [-0.4, -0.2) is 50.1 Å². The number of rotatable bonds is 10. The van der Waals surface area contributed by atoms with Crippen LogP contribution in [0.3, 0.4) is 0 Å². The molecular weight excluding hydrogens is 338 g/mol. The monoisotopic (exact) mass is 365 g/mol. The standard InChI is InChI=1S/C17H27N5O4/c1-5-8-26-10-12(23)9-22-13-14(21(4)17(25)20-15(13)24)19-16(22)18-7-6-11(2)3/h5,11-12,23H,1,6-10H2,2-4H3,(H,18,19)(H,20,24,25). The van der Waals surface area contributed by atoms with Gasteiger partial charge in [-0.3, -0.25) is 14.3 Å². The van der Waals surface area contributed by atoms with E-state index in [0.717, 1.165) is 6.42 Å². The molecule has 1 unspecified atom stereocenters. The fourth-order valence-corrected chi connectivity index (χ4v) is 2.57. The number of aliphatic hydroxyl groups excluding tert-OH is 1. The summed E-state index contributed by atoms with van der Waals surface area (Å²) in [6.07, 6.45) is 1.68. The van der Waals surface area contributed by atoms with Gasteiger partial charge in [0.05, 0.1) is 25.9 Å². The molecule has 1 atom stereocenters. The van der Waals surface area contributed by atoms with Crippen molar-refractivity contribution in [3.05, 3.63) is 33.5 Å². The fraction of sp³-hybridized carbons (Fsp3) is 0.588. The molecule has 3 N–H and O–H groups in total. The molecule has 0 saturated carbocycles. The second-order valence-corrected chi connectivity index (χ2v) is 6.63. The van der Waals surface area contributed by atoms with Crippen LogP contribution in [-0.2, 0) is 18.3 Å². The Bertz CT molecular complexity index is 864. The van der Waals surface area contributed by atoms with Crippen molar-refractivity contribution in [2.45, 2.75) is 32.9 Å². The van der Waals surface area contributed by atoms with Crippen molar-refractivity contribution in [2.24, 2.45) is 13.0 Å². The van der Waals surface area contributed by atoms with Crippen LogP contribution in [0.25, 0.3) is 11.2 Å². The van der Waals surface area contributed by atoms with E-state index < -0.39 is 17.4 Å². The Morgan fingerprint density at radius 2 is 2.15 bits per heavy atom. The summed E-state index contributed by atoms with van der Waals surface area (Å²) in [6, 6.07) is 0.